The Labute approximate surface area is 117 Å². The molecule has 0 spiro atoms. The summed E-state index contributed by atoms with van der Waals surface area (Å²) in [6, 6.07) is 0. The molecule has 0 aliphatic rings. The van der Waals surface area contributed by atoms with Gasteiger partial charge in [0, 0.05) is 0 Å². The fraction of sp³-hybridized carbons (Fsp3) is 0.933. The molecule has 4 nitrogen and oxygen atoms in total. The van der Waals surface area contributed by atoms with Gasteiger partial charge in [0.2, 0.25) is 0 Å². The predicted octanol–water partition coefficient (Wildman–Crippen LogP) is 3.68. The van der Waals surface area contributed by atoms with E-state index in [-0.39, 0.29) is 23.6 Å². The summed E-state index contributed by atoms with van der Waals surface area (Å²) in [7, 11) is 0. The van der Waals surface area contributed by atoms with E-state index < -0.39 is 6.29 Å². The minimum absolute atomic E-state index is 0.123. The fourth-order valence-electron chi connectivity index (χ4n) is 1.42. The normalized spacial score (nSPS) is 12.8. The fourth-order valence-corrected chi connectivity index (χ4v) is 1.42. The van der Waals surface area contributed by atoms with Gasteiger partial charge >= 0.3 is 5.97 Å². The van der Waals surface area contributed by atoms with E-state index in [0.29, 0.717) is 6.61 Å². The van der Waals surface area contributed by atoms with E-state index in [0.717, 1.165) is 12.8 Å². The lowest BCUT2D eigenvalue weighted by Crippen LogP contribution is -2.37. The highest BCUT2D eigenvalue weighted by Gasteiger charge is 2.27. The van der Waals surface area contributed by atoms with Gasteiger partial charge in [-0.25, -0.2) is 0 Å². The van der Waals surface area contributed by atoms with Gasteiger partial charge in [0.25, 0.3) is 0 Å². The standard InChI is InChI=1S/C15H30O4/c1-8-9-10-17-12(16)11-13(18-14(2,3)4)19-15(5,6)7/h13H,8-11H2,1-7H3. The number of carbonyl (C=O) groups excluding carboxylic acids is 1. The molecule has 0 rings (SSSR count). The molecule has 0 aliphatic carbocycles. The summed E-state index contributed by atoms with van der Waals surface area (Å²) in [6.45, 7) is 14.2. The maximum Gasteiger partial charge on any atom is 0.310 e. The molecule has 0 heterocycles. The third kappa shape index (κ3) is 12.2. The zero-order valence-corrected chi connectivity index (χ0v) is 13.5. The molecular weight excluding hydrogens is 244 g/mol. The van der Waals surface area contributed by atoms with Gasteiger partial charge in [0.05, 0.1) is 24.2 Å². The lowest BCUT2D eigenvalue weighted by Gasteiger charge is -2.32. The van der Waals surface area contributed by atoms with Crippen molar-refractivity contribution >= 4 is 5.97 Å². The van der Waals surface area contributed by atoms with Gasteiger partial charge in [0.15, 0.2) is 6.29 Å². The zero-order valence-electron chi connectivity index (χ0n) is 13.5. The molecule has 0 radical (unpaired) electrons. The minimum atomic E-state index is -0.575. The van der Waals surface area contributed by atoms with Gasteiger partial charge in [-0.05, 0) is 48.0 Å². The lowest BCUT2D eigenvalue weighted by molar-refractivity contribution is -0.237. The molecule has 0 aromatic rings. The second-order valence-corrected chi connectivity index (χ2v) is 6.67. The highest BCUT2D eigenvalue weighted by molar-refractivity contribution is 5.69. The molecule has 0 atom stereocenters. The van der Waals surface area contributed by atoms with Crippen molar-refractivity contribution in [1.82, 2.24) is 0 Å². The number of esters is 1. The molecule has 0 amide bonds. The van der Waals surface area contributed by atoms with Crippen molar-refractivity contribution in [3.63, 3.8) is 0 Å². The van der Waals surface area contributed by atoms with Crippen LogP contribution in [0.2, 0.25) is 0 Å². The first-order chi connectivity index (χ1) is 8.53. The largest absolute Gasteiger partial charge is 0.466 e. The third-order valence-electron chi connectivity index (χ3n) is 2.06. The predicted molar refractivity (Wildman–Crippen MR) is 75.9 cm³/mol. The molecular formula is C15H30O4. The van der Waals surface area contributed by atoms with E-state index in [1.807, 2.05) is 41.5 Å². The molecule has 0 N–H and O–H groups in total. The Morgan fingerprint density at radius 3 is 1.84 bits per heavy atom. The quantitative estimate of drug-likeness (QED) is 0.403. The average Bonchev–Trinajstić information content (AvgIpc) is 2.11. The van der Waals surface area contributed by atoms with E-state index in [2.05, 4.69) is 6.92 Å². The van der Waals surface area contributed by atoms with Crippen LogP contribution in [0.4, 0.5) is 0 Å². The molecule has 0 bridgehead atoms. The minimum Gasteiger partial charge on any atom is -0.466 e. The van der Waals surface area contributed by atoms with Crippen LogP contribution in [-0.4, -0.2) is 30.1 Å². The first kappa shape index (κ1) is 18.4. The van der Waals surface area contributed by atoms with Crippen LogP contribution in [0.3, 0.4) is 0 Å². The molecule has 19 heavy (non-hydrogen) atoms. The molecule has 0 fully saturated rings. The van der Waals surface area contributed by atoms with Gasteiger partial charge in [0.1, 0.15) is 0 Å². The first-order valence-electron chi connectivity index (χ1n) is 7.05. The van der Waals surface area contributed by atoms with Gasteiger partial charge in [-0.1, -0.05) is 13.3 Å². The van der Waals surface area contributed by atoms with E-state index in [1.165, 1.54) is 0 Å². The van der Waals surface area contributed by atoms with Crippen molar-refractivity contribution in [3.8, 4) is 0 Å². The molecule has 0 aliphatic heterocycles. The van der Waals surface area contributed by atoms with Crippen molar-refractivity contribution in [2.75, 3.05) is 6.61 Å². The number of ether oxygens (including phenoxy) is 3. The smallest absolute Gasteiger partial charge is 0.310 e. The summed E-state index contributed by atoms with van der Waals surface area (Å²) in [5.74, 6) is -0.271. The van der Waals surface area contributed by atoms with E-state index in [1.54, 1.807) is 0 Å². The van der Waals surface area contributed by atoms with Crippen LogP contribution in [-0.2, 0) is 19.0 Å². The van der Waals surface area contributed by atoms with Crippen LogP contribution in [0.1, 0.15) is 67.7 Å². The molecule has 0 aromatic heterocycles. The highest BCUT2D eigenvalue weighted by Crippen LogP contribution is 2.20. The summed E-state index contributed by atoms with van der Waals surface area (Å²) >= 11 is 0. The van der Waals surface area contributed by atoms with Crippen molar-refractivity contribution < 1.29 is 19.0 Å². The Kier molecular flexibility index (Phi) is 7.60. The topological polar surface area (TPSA) is 44.8 Å². The summed E-state index contributed by atoms with van der Waals surface area (Å²) in [5.41, 5.74) is -0.723. The molecule has 0 saturated heterocycles. The highest BCUT2D eigenvalue weighted by atomic mass is 16.7. The second kappa shape index (κ2) is 7.85. The monoisotopic (exact) mass is 274 g/mol. The third-order valence-corrected chi connectivity index (χ3v) is 2.06. The summed E-state index contributed by atoms with van der Waals surface area (Å²) in [4.78, 5) is 11.7. The number of hydrogen-bond donors (Lipinski definition) is 0. The SMILES string of the molecule is CCCCOC(=O)CC(OC(C)(C)C)OC(C)(C)C. The van der Waals surface area contributed by atoms with Crippen LogP contribution in [0.25, 0.3) is 0 Å². The molecule has 4 heteroatoms. The van der Waals surface area contributed by atoms with Crippen molar-refractivity contribution in [1.29, 1.82) is 0 Å². The first-order valence-corrected chi connectivity index (χ1v) is 7.05. The Morgan fingerprint density at radius 2 is 1.47 bits per heavy atom. The maximum absolute atomic E-state index is 11.7. The Morgan fingerprint density at radius 1 is 1.00 bits per heavy atom. The van der Waals surface area contributed by atoms with Gasteiger partial charge in [-0.2, -0.15) is 0 Å². The summed E-state index contributed by atoms with van der Waals surface area (Å²) < 4.78 is 16.7. The van der Waals surface area contributed by atoms with E-state index in [4.69, 9.17) is 14.2 Å². The maximum atomic E-state index is 11.7. The Hall–Kier alpha value is -0.610. The molecule has 0 saturated carbocycles. The van der Waals surface area contributed by atoms with Gasteiger partial charge in [-0.15, -0.1) is 0 Å². The number of hydrogen-bond acceptors (Lipinski definition) is 4. The summed E-state index contributed by atoms with van der Waals surface area (Å²) in [6.07, 6.45) is 1.44. The van der Waals surface area contributed by atoms with Crippen LogP contribution in [0, 0.1) is 0 Å². The molecule has 0 unspecified atom stereocenters. The van der Waals surface area contributed by atoms with Crippen molar-refractivity contribution in [2.24, 2.45) is 0 Å². The van der Waals surface area contributed by atoms with Crippen LogP contribution >= 0.6 is 0 Å². The number of unbranched alkanes of at least 4 members (excludes halogenated alkanes) is 1. The molecule has 0 aromatic carbocycles. The van der Waals surface area contributed by atoms with Crippen molar-refractivity contribution in [2.45, 2.75) is 85.2 Å². The van der Waals surface area contributed by atoms with Crippen LogP contribution < -0.4 is 0 Å². The Balaban J connectivity index is 4.37. The lowest BCUT2D eigenvalue weighted by atomic mass is 10.1. The number of rotatable bonds is 7. The van der Waals surface area contributed by atoms with Gasteiger partial charge in [-0.3, -0.25) is 4.79 Å². The van der Waals surface area contributed by atoms with Crippen LogP contribution in [0.5, 0.6) is 0 Å². The van der Waals surface area contributed by atoms with Crippen LogP contribution in [0.15, 0.2) is 0 Å². The van der Waals surface area contributed by atoms with Gasteiger partial charge < -0.3 is 14.2 Å². The van der Waals surface area contributed by atoms with Crippen molar-refractivity contribution in [3.05, 3.63) is 0 Å². The van der Waals surface area contributed by atoms with E-state index in [9.17, 15) is 4.79 Å². The number of carbonyl (C=O) groups is 1. The average molecular weight is 274 g/mol. The zero-order chi connectivity index (χ0) is 15.1. The molecule has 114 valence electrons. The Bertz CT molecular complexity index is 244. The summed E-state index contributed by atoms with van der Waals surface area (Å²) in [5, 5.41) is 0. The second-order valence-electron chi connectivity index (χ2n) is 6.67. The van der Waals surface area contributed by atoms with E-state index >= 15 is 0 Å².